The van der Waals surface area contributed by atoms with Gasteiger partial charge in [-0.25, -0.2) is 0 Å². The number of rotatable bonds is 3. The molecular formula is C13H19ClN2O. The first-order valence-corrected chi connectivity index (χ1v) is 6.39. The second kappa shape index (κ2) is 5.83. The molecule has 1 aliphatic heterocycles. The summed E-state index contributed by atoms with van der Waals surface area (Å²) < 4.78 is 5.38. The van der Waals surface area contributed by atoms with Crippen LogP contribution in [0.1, 0.15) is 30.0 Å². The molecule has 1 aliphatic rings. The Hall–Kier alpha value is -0.610. The Morgan fingerprint density at radius 1 is 1.35 bits per heavy atom. The predicted molar refractivity (Wildman–Crippen MR) is 69.8 cm³/mol. The summed E-state index contributed by atoms with van der Waals surface area (Å²) in [7, 11) is 0. The van der Waals surface area contributed by atoms with Crippen molar-refractivity contribution >= 4 is 11.6 Å². The first kappa shape index (κ1) is 12.8. The van der Waals surface area contributed by atoms with Gasteiger partial charge in [0.05, 0.1) is 0 Å². The Morgan fingerprint density at radius 2 is 2.06 bits per heavy atom. The fourth-order valence-corrected chi connectivity index (χ4v) is 2.80. The van der Waals surface area contributed by atoms with E-state index in [1.54, 1.807) is 0 Å². The van der Waals surface area contributed by atoms with E-state index in [2.05, 4.69) is 11.5 Å². The molecule has 0 aliphatic carbocycles. The number of nitrogens with two attached hydrogens (primary N) is 1. The molecule has 94 valence electrons. The zero-order valence-corrected chi connectivity index (χ0v) is 10.8. The summed E-state index contributed by atoms with van der Waals surface area (Å²) in [6.45, 7) is 3.69. The van der Waals surface area contributed by atoms with Gasteiger partial charge in [0.25, 0.3) is 0 Å². The van der Waals surface area contributed by atoms with E-state index in [-0.39, 0.29) is 6.04 Å². The van der Waals surface area contributed by atoms with Gasteiger partial charge in [0.15, 0.2) is 0 Å². The summed E-state index contributed by atoms with van der Waals surface area (Å²) >= 11 is 6.10. The molecule has 1 aromatic rings. The molecule has 1 unspecified atom stereocenters. The SMILES string of the molecule is Cc1cc(Cl)cc(C(NN)C2CCOCC2)c1. The average molecular weight is 255 g/mol. The van der Waals surface area contributed by atoms with Crippen molar-refractivity contribution in [1.29, 1.82) is 0 Å². The second-order valence-corrected chi connectivity index (χ2v) is 5.09. The van der Waals surface area contributed by atoms with Crippen molar-refractivity contribution in [3.05, 3.63) is 34.3 Å². The number of hydrazine groups is 1. The minimum absolute atomic E-state index is 0.163. The maximum absolute atomic E-state index is 6.10. The molecule has 1 heterocycles. The van der Waals surface area contributed by atoms with Gasteiger partial charge in [-0.15, -0.1) is 0 Å². The van der Waals surface area contributed by atoms with Crippen LogP contribution < -0.4 is 11.3 Å². The van der Waals surface area contributed by atoms with Crippen LogP contribution in [0.15, 0.2) is 18.2 Å². The normalized spacial score (nSPS) is 19.2. The fourth-order valence-electron chi connectivity index (χ4n) is 2.50. The lowest BCUT2D eigenvalue weighted by Crippen LogP contribution is -2.36. The predicted octanol–water partition coefficient (Wildman–Crippen LogP) is 2.58. The van der Waals surface area contributed by atoms with E-state index in [9.17, 15) is 0 Å². The molecular weight excluding hydrogens is 236 g/mol. The summed E-state index contributed by atoms with van der Waals surface area (Å²) in [4.78, 5) is 0. The van der Waals surface area contributed by atoms with E-state index < -0.39 is 0 Å². The standard InChI is InChI=1S/C13H19ClN2O/c1-9-6-11(8-12(14)7-9)13(16-15)10-2-4-17-5-3-10/h6-8,10,13,16H,2-5,15H2,1H3. The summed E-state index contributed by atoms with van der Waals surface area (Å²) in [5, 5.41) is 0.771. The van der Waals surface area contributed by atoms with Gasteiger partial charge in [0.1, 0.15) is 0 Å². The summed E-state index contributed by atoms with van der Waals surface area (Å²) in [5.41, 5.74) is 5.27. The number of nitrogens with one attached hydrogen (secondary N) is 1. The highest BCUT2D eigenvalue weighted by Crippen LogP contribution is 2.31. The van der Waals surface area contributed by atoms with Gasteiger partial charge in [-0.2, -0.15) is 0 Å². The lowest BCUT2D eigenvalue weighted by atomic mass is 9.87. The average Bonchev–Trinajstić information content (AvgIpc) is 2.30. The summed E-state index contributed by atoms with van der Waals surface area (Å²) in [5.74, 6) is 6.22. The quantitative estimate of drug-likeness (QED) is 0.644. The zero-order valence-electron chi connectivity index (χ0n) is 10.1. The Labute approximate surface area is 107 Å². The van der Waals surface area contributed by atoms with Crippen molar-refractivity contribution in [3.63, 3.8) is 0 Å². The van der Waals surface area contributed by atoms with E-state index in [4.69, 9.17) is 22.2 Å². The number of hydrogen-bond acceptors (Lipinski definition) is 3. The Bertz CT molecular complexity index is 357. The van der Waals surface area contributed by atoms with Crippen LogP contribution in [0.5, 0.6) is 0 Å². The van der Waals surface area contributed by atoms with Gasteiger partial charge in [0.2, 0.25) is 0 Å². The molecule has 1 aromatic carbocycles. The molecule has 0 bridgehead atoms. The number of hydrogen-bond donors (Lipinski definition) is 2. The highest BCUT2D eigenvalue weighted by atomic mass is 35.5. The van der Waals surface area contributed by atoms with Crippen LogP contribution in [0.4, 0.5) is 0 Å². The molecule has 0 aromatic heterocycles. The van der Waals surface area contributed by atoms with Gasteiger partial charge in [-0.1, -0.05) is 17.7 Å². The minimum Gasteiger partial charge on any atom is -0.381 e. The summed E-state index contributed by atoms with van der Waals surface area (Å²) in [6.07, 6.45) is 2.08. The molecule has 4 heteroatoms. The van der Waals surface area contributed by atoms with Crippen molar-refractivity contribution < 1.29 is 4.74 Å². The maximum atomic E-state index is 6.10. The lowest BCUT2D eigenvalue weighted by molar-refractivity contribution is 0.0536. The van der Waals surface area contributed by atoms with Crippen LogP contribution in [0.25, 0.3) is 0 Å². The summed E-state index contributed by atoms with van der Waals surface area (Å²) in [6, 6.07) is 6.26. The van der Waals surface area contributed by atoms with E-state index in [0.29, 0.717) is 5.92 Å². The van der Waals surface area contributed by atoms with Crippen LogP contribution in [0.3, 0.4) is 0 Å². The number of halogens is 1. The van der Waals surface area contributed by atoms with Gasteiger partial charge < -0.3 is 4.74 Å². The molecule has 3 nitrogen and oxygen atoms in total. The molecule has 2 rings (SSSR count). The molecule has 0 saturated carbocycles. The van der Waals surface area contributed by atoms with Gasteiger partial charge >= 0.3 is 0 Å². The Morgan fingerprint density at radius 3 is 2.65 bits per heavy atom. The molecule has 0 amide bonds. The first-order chi connectivity index (χ1) is 8.20. The van der Waals surface area contributed by atoms with Crippen LogP contribution in [0.2, 0.25) is 5.02 Å². The first-order valence-electron chi connectivity index (χ1n) is 6.01. The number of aryl methyl sites for hydroxylation is 1. The third kappa shape index (κ3) is 3.19. The molecule has 17 heavy (non-hydrogen) atoms. The van der Waals surface area contributed by atoms with Crippen LogP contribution in [-0.2, 0) is 4.74 Å². The van der Waals surface area contributed by atoms with Crippen molar-refractivity contribution in [2.24, 2.45) is 11.8 Å². The zero-order chi connectivity index (χ0) is 12.3. The van der Waals surface area contributed by atoms with Crippen molar-refractivity contribution in [2.45, 2.75) is 25.8 Å². The Balaban J connectivity index is 2.21. The molecule has 3 N–H and O–H groups in total. The fraction of sp³-hybridized carbons (Fsp3) is 0.538. The largest absolute Gasteiger partial charge is 0.381 e. The van der Waals surface area contributed by atoms with E-state index in [0.717, 1.165) is 31.1 Å². The third-order valence-electron chi connectivity index (χ3n) is 3.34. The molecule has 1 fully saturated rings. The molecule has 1 saturated heterocycles. The highest BCUT2D eigenvalue weighted by molar-refractivity contribution is 6.30. The van der Waals surface area contributed by atoms with Crippen LogP contribution >= 0.6 is 11.6 Å². The van der Waals surface area contributed by atoms with Crippen LogP contribution in [0, 0.1) is 12.8 Å². The van der Waals surface area contributed by atoms with Gasteiger partial charge in [0, 0.05) is 24.3 Å². The number of benzene rings is 1. The second-order valence-electron chi connectivity index (χ2n) is 4.66. The smallest absolute Gasteiger partial charge is 0.0490 e. The molecule has 0 spiro atoms. The Kier molecular flexibility index (Phi) is 4.40. The maximum Gasteiger partial charge on any atom is 0.0490 e. The topological polar surface area (TPSA) is 47.3 Å². The van der Waals surface area contributed by atoms with E-state index in [1.807, 2.05) is 19.1 Å². The highest BCUT2D eigenvalue weighted by Gasteiger charge is 2.24. The monoisotopic (exact) mass is 254 g/mol. The van der Waals surface area contributed by atoms with Gasteiger partial charge in [-0.3, -0.25) is 11.3 Å². The van der Waals surface area contributed by atoms with E-state index >= 15 is 0 Å². The third-order valence-corrected chi connectivity index (χ3v) is 3.56. The lowest BCUT2D eigenvalue weighted by Gasteiger charge is -2.30. The van der Waals surface area contributed by atoms with E-state index in [1.165, 1.54) is 11.1 Å². The van der Waals surface area contributed by atoms with Crippen LogP contribution in [-0.4, -0.2) is 13.2 Å². The molecule has 0 radical (unpaired) electrons. The van der Waals surface area contributed by atoms with Gasteiger partial charge in [-0.05, 0) is 48.9 Å². The number of ether oxygens (including phenoxy) is 1. The van der Waals surface area contributed by atoms with Crippen molar-refractivity contribution in [3.8, 4) is 0 Å². The minimum atomic E-state index is 0.163. The van der Waals surface area contributed by atoms with Crippen molar-refractivity contribution in [2.75, 3.05) is 13.2 Å². The van der Waals surface area contributed by atoms with Crippen molar-refractivity contribution in [1.82, 2.24) is 5.43 Å². The molecule has 1 atom stereocenters.